The van der Waals surface area contributed by atoms with Crippen LogP contribution in [-0.2, 0) is 0 Å². The van der Waals surface area contributed by atoms with Crippen LogP contribution in [0.3, 0.4) is 0 Å². The number of carboxylic acid groups (broad SMARTS) is 1. The van der Waals surface area contributed by atoms with Gasteiger partial charge in [-0.25, -0.2) is 9.18 Å². The minimum absolute atomic E-state index is 0.0600. The highest BCUT2D eigenvalue weighted by molar-refractivity contribution is 9.10. The number of carbonyl (C=O) groups excluding carboxylic acids is 1. The first kappa shape index (κ1) is 14.2. The summed E-state index contributed by atoms with van der Waals surface area (Å²) in [6, 6.07) is 9.80. The highest BCUT2D eigenvalue weighted by atomic mass is 79.9. The lowest BCUT2D eigenvalue weighted by Crippen LogP contribution is -2.12. The van der Waals surface area contributed by atoms with Crippen molar-refractivity contribution in [1.29, 1.82) is 0 Å². The molecule has 0 aliphatic heterocycles. The maximum atomic E-state index is 13.3. The van der Waals surface area contributed by atoms with Gasteiger partial charge in [-0.1, -0.05) is 6.07 Å². The standard InChI is InChI=1S/C14H9BrFNO3/c15-11-5-4-8(7-12(11)16)13(18)17-10-3-1-2-9(6-10)14(19)20/h1-7H,(H,17,18)(H,19,20). The molecular weight excluding hydrogens is 329 g/mol. The van der Waals surface area contributed by atoms with Gasteiger partial charge in [0.05, 0.1) is 10.0 Å². The van der Waals surface area contributed by atoms with Crippen molar-refractivity contribution in [3.8, 4) is 0 Å². The van der Waals surface area contributed by atoms with E-state index in [0.717, 1.165) is 6.07 Å². The maximum Gasteiger partial charge on any atom is 0.335 e. The molecule has 0 aromatic heterocycles. The fraction of sp³-hybridized carbons (Fsp3) is 0. The average molecular weight is 338 g/mol. The Labute approximate surface area is 122 Å². The normalized spacial score (nSPS) is 10.1. The van der Waals surface area contributed by atoms with Crippen LogP contribution in [0.1, 0.15) is 20.7 Å². The van der Waals surface area contributed by atoms with E-state index < -0.39 is 17.7 Å². The molecule has 20 heavy (non-hydrogen) atoms. The number of benzene rings is 2. The first-order valence-electron chi connectivity index (χ1n) is 5.57. The van der Waals surface area contributed by atoms with Crippen molar-refractivity contribution in [2.75, 3.05) is 5.32 Å². The summed E-state index contributed by atoms with van der Waals surface area (Å²) in [5, 5.41) is 11.4. The van der Waals surface area contributed by atoms with Crippen LogP contribution in [0.2, 0.25) is 0 Å². The zero-order valence-electron chi connectivity index (χ0n) is 10.1. The van der Waals surface area contributed by atoms with E-state index in [9.17, 15) is 14.0 Å². The molecule has 2 aromatic carbocycles. The molecule has 0 atom stereocenters. The molecule has 0 saturated heterocycles. The largest absolute Gasteiger partial charge is 0.478 e. The highest BCUT2D eigenvalue weighted by Gasteiger charge is 2.10. The lowest BCUT2D eigenvalue weighted by molar-refractivity contribution is 0.0696. The van der Waals surface area contributed by atoms with Crippen molar-refractivity contribution in [2.24, 2.45) is 0 Å². The number of carbonyl (C=O) groups is 2. The molecule has 0 saturated carbocycles. The predicted molar refractivity (Wildman–Crippen MR) is 75.5 cm³/mol. The van der Waals surface area contributed by atoms with E-state index >= 15 is 0 Å². The lowest BCUT2D eigenvalue weighted by atomic mass is 10.1. The summed E-state index contributed by atoms with van der Waals surface area (Å²) in [5.74, 6) is -2.15. The summed E-state index contributed by atoms with van der Waals surface area (Å²) >= 11 is 3.00. The Hall–Kier alpha value is -2.21. The monoisotopic (exact) mass is 337 g/mol. The Balaban J connectivity index is 2.21. The van der Waals surface area contributed by atoms with E-state index in [1.807, 2.05) is 0 Å². The Morgan fingerprint density at radius 1 is 1.10 bits per heavy atom. The van der Waals surface area contributed by atoms with Crippen LogP contribution in [0.5, 0.6) is 0 Å². The van der Waals surface area contributed by atoms with E-state index in [2.05, 4.69) is 21.2 Å². The van der Waals surface area contributed by atoms with Gasteiger partial charge in [0.2, 0.25) is 0 Å². The summed E-state index contributed by atoms with van der Waals surface area (Å²) in [6.07, 6.45) is 0. The van der Waals surface area contributed by atoms with Crippen LogP contribution >= 0.6 is 15.9 Å². The second kappa shape index (κ2) is 5.83. The smallest absolute Gasteiger partial charge is 0.335 e. The van der Waals surface area contributed by atoms with Gasteiger partial charge in [0.25, 0.3) is 5.91 Å². The molecule has 0 bridgehead atoms. The van der Waals surface area contributed by atoms with Gasteiger partial charge >= 0.3 is 5.97 Å². The molecule has 0 spiro atoms. The fourth-order valence-corrected chi connectivity index (χ4v) is 1.82. The number of nitrogens with one attached hydrogen (secondary N) is 1. The number of aromatic carboxylic acids is 1. The molecule has 2 rings (SSSR count). The highest BCUT2D eigenvalue weighted by Crippen LogP contribution is 2.18. The average Bonchev–Trinajstić information content (AvgIpc) is 2.42. The zero-order chi connectivity index (χ0) is 14.7. The van der Waals surface area contributed by atoms with Crippen LogP contribution in [0, 0.1) is 5.82 Å². The minimum atomic E-state index is -1.09. The number of carboxylic acids is 1. The molecular formula is C14H9BrFNO3. The number of amides is 1. The van der Waals surface area contributed by atoms with Gasteiger partial charge in [0.15, 0.2) is 0 Å². The van der Waals surface area contributed by atoms with Gasteiger partial charge in [0, 0.05) is 11.3 Å². The number of rotatable bonds is 3. The molecule has 0 aliphatic rings. The summed E-state index contributed by atoms with van der Waals surface area (Å²) in [6.45, 7) is 0. The van der Waals surface area contributed by atoms with Crippen LogP contribution < -0.4 is 5.32 Å². The zero-order valence-corrected chi connectivity index (χ0v) is 11.6. The number of anilines is 1. The molecule has 0 unspecified atom stereocenters. The second-order valence-corrected chi connectivity index (χ2v) is 4.82. The first-order valence-corrected chi connectivity index (χ1v) is 6.36. The van der Waals surface area contributed by atoms with Gasteiger partial charge < -0.3 is 10.4 Å². The Kier molecular flexibility index (Phi) is 4.14. The Morgan fingerprint density at radius 2 is 1.85 bits per heavy atom. The Bertz CT molecular complexity index is 688. The molecule has 0 fully saturated rings. The third-order valence-corrected chi connectivity index (χ3v) is 3.19. The maximum absolute atomic E-state index is 13.3. The van der Waals surface area contributed by atoms with Crippen LogP contribution in [0.15, 0.2) is 46.9 Å². The molecule has 102 valence electrons. The molecule has 4 nitrogen and oxygen atoms in total. The predicted octanol–water partition coefficient (Wildman–Crippen LogP) is 3.54. The van der Waals surface area contributed by atoms with Crippen LogP contribution in [0.25, 0.3) is 0 Å². The third-order valence-electron chi connectivity index (χ3n) is 2.55. The number of halogens is 2. The van der Waals surface area contributed by atoms with Crippen molar-refractivity contribution in [1.82, 2.24) is 0 Å². The van der Waals surface area contributed by atoms with Gasteiger partial charge in [0.1, 0.15) is 5.82 Å². The van der Waals surface area contributed by atoms with Gasteiger partial charge in [-0.3, -0.25) is 4.79 Å². The molecule has 6 heteroatoms. The molecule has 2 aromatic rings. The van der Waals surface area contributed by atoms with Gasteiger partial charge in [-0.2, -0.15) is 0 Å². The van der Waals surface area contributed by atoms with E-state index in [1.54, 1.807) is 6.07 Å². The summed E-state index contributed by atoms with van der Waals surface area (Å²) in [4.78, 5) is 22.7. The lowest BCUT2D eigenvalue weighted by Gasteiger charge is -2.06. The molecule has 1 amide bonds. The van der Waals surface area contributed by atoms with E-state index in [0.29, 0.717) is 5.69 Å². The molecule has 0 heterocycles. The van der Waals surface area contributed by atoms with Crippen LogP contribution in [-0.4, -0.2) is 17.0 Å². The first-order chi connectivity index (χ1) is 9.47. The van der Waals surface area contributed by atoms with Crippen molar-refractivity contribution in [3.05, 3.63) is 63.9 Å². The van der Waals surface area contributed by atoms with Crippen molar-refractivity contribution < 1.29 is 19.1 Å². The molecule has 0 aliphatic carbocycles. The van der Waals surface area contributed by atoms with E-state index in [4.69, 9.17) is 5.11 Å². The second-order valence-electron chi connectivity index (χ2n) is 3.97. The summed E-state index contributed by atoms with van der Waals surface area (Å²) < 4.78 is 13.6. The van der Waals surface area contributed by atoms with Crippen molar-refractivity contribution in [3.63, 3.8) is 0 Å². The summed E-state index contributed by atoms with van der Waals surface area (Å²) in [7, 11) is 0. The van der Waals surface area contributed by atoms with Crippen molar-refractivity contribution >= 4 is 33.5 Å². The SMILES string of the molecule is O=C(O)c1cccc(NC(=O)c2ccc(Br)c(F)c2)c1. The molecule has 0 radical (unpaired) electrons. The van der Waals surface area contributed by atoms with Gasteiger partial charge in [-0.05, 0) is 52.3 Å². The fourth-order valence-electron chi connectivity index (χ4n) is 1.57. The van der Waals surface area contributed by atoms with Crippen LogP contribution in [0.4, 0.5) is 10.1 Å². The van der Waals surface area contributed by atoms with E-state index in [1.165, 1.54) is 30.3 Å². The topological polar surface area (TPSA) is 66.4 Å². The summed E-state index contributed by atoms with van der Waals surface area (Å²) in [5.41, 5.74) is 0.537. The number of hydrogen-bond donors (Lipinski definition) is 2. The molecule has 2 N–H and O–H groups in total. The minimum Gasteiger partial charge on any atom is -0.478 e. The van der Waals surface area contributed by atoms with Crippen molar-refractivity contribution in [2.45, 2.75) is 0 Å². The quantitative estimate of drug-likeness (QED) is 0.900. The van der Waals surface area contributed by atoms with E-state index in [-0.39, 0.29) is 15.6 Å². The Morgan fingerprint density at radius 3 is 2.50 bits per heavy atom. The van der Waals surface area contributed by atoms with Gasteiger partial charge in [-0.15, -0.1) is 0 Å². The number of hydrogen-bond acceptors (Lipinski definition) is 2. The third kappa shape index (κ3) is 3.21.